The summed E-state index contributed by atoms with van der Waals surface area (Å²) in [5.74, 6) is 0. The minimum absolute atomic E-state index is 0.251. The Morgan fingerprint density at radius 3 is 2.85 bits per heavy atom. The maximum Gasteiger partial charge on any atom is 0.250 e. The highest BCUT2D eigenvalue weighted by molar-refractivity contribution is 7.91. The van der Waals surface area contributed by atoms with Gasteiger partial charge in [0.05, 0.1) is 0 Å². The molecule has 0 spiro atoms. The Hall–Kier alpha value is -1.28. The Morgan fingerprint density at radius 1 is 1.35 bits per heavy atom. The molecule has 0 radical (unpaired) electrons. The number of pyridine rings is 1. The summed E-state index contributed by atoms with van der Waals surface area (Å²) in [7, 11) is -1.63. The normalized spacial score (nSPS) is 11.7. The molecule has 7 heteroatoms. The number of nitrogens with zero attached hydrogens (tertiary/aromatic N) is 1. The predicted molar refractivity (Wildman–Crippen MR) is 80.1 cm³/mol. The first-order valence-corrected chi connectivity index (χ1v) is 8.50. The lowest BCUT2D eigenvalue weighted by atomic mass is 10.2. The van der Waals surface area contributed by atoms with Gasteiger partial charge in [-0.25, -0.2) is 13.1 Å². The zero-order valence-electron chi connectivity index (χ0n) is 11.4. The van der Waals surface area contributed by atoms with Crippen molar-refractivity contribution in [3.8, 4) is 0 Å². The van der Waals surface area contributed by atoms with Crippen molar-refractivity contribution in [2.24, 2.45) is 0 Å². The molecule has 5 nitrogen and oxygen atoms in total. The van der Waals surface area contributed by atoms with Crippen molar-refractivity contribution in [3.05, 3.63) is 46.6 Å². The van der Waals surface area contributed by atoms with E-state index in [0.717, 1.165) is 16.7 Å². The van der Waals surface area contributed by atoms with Gasteiger partial charge in [-0.3, -0.25) is 4.98 Å². The molecule has 2 aromatic rings. The van der Waals surface area contributed by atoms with Crippen LogP contribution in [0.1, 0.15) is 16.7 Å². The SMILES string of the molecule is CNCc1csc(S(=O)(=O)NCc2cnccc2C)c1. The topological polar surface area (TPSA) is 71.1 Å². The number of aromatic nitrogens is 1. The van der Waals surface area contributed by atoms with Crippen LogP contribution in [0.3, 0.4) is 0 Å². The molecule has 0 saturated carbocycles. The van der Waals surface area contributed by atoms with E-state index in [9.17, 15) is 8.42 Å². The molecule has 108 valence electrons. The van der Waals surface area contributed by atoms with Gasteiger partial charge in [0.15, 0.2) is 0 Å². The Labute approximate surface area is 123 Å². The molecule has 0 aliphatic carbocycles. The summed E-state index contributed by atoms with van der Waals surface area (Å²) in [5.41, 5.74) is 2.86. The fourth-order valence-corrected chi connectivity index (χ4v) is 3.98. The first-order valence-electron chi connectivity index (χ1n) is 6.14. The van der Waals surface area contributed by atoms with Crippen LogP contribution < -0.4 is 10.0 Å². The fraction of sp³-hybridized carbons (Fsp3) is 0.308. The van der Waals surface area contributed by atoms with E-state index in [0.29, 0.717) is 10.8 Å². The van der Waals surface area contributed by atoms with Gasteiger partial charge >= 0.3 is 0 Å². The zero-order chi connectivity index (χ0) is 14.6. The fourth-order valence-electron chi connectivity index (χ4n) is 1.72. The smallest absolute Gasteiger partial charge is 0.250 e. The van der Waals surface area contributed by atoms with E-state index in [1.807, 2.05) is 25.4 Å². The quantitative estimate of drug-likeness (QED) is 0.851. The van der Waals surface area contributed by atoms with Crippen LogP contribution in [0.5, 0.6) is 0 Å². The highest BCUT2D eigenvalue weighted by atomic mass is 32.2. The molecule has 0 amide bonds. The summed E-state index contributed by atoms with van der Waals surface area (Å²) in [6, 6.07) is 3.55. The third-order valence-corrected chi connectivity index (χ3v) is 5.77. The van der Waals surface area contributed by atoms with E-state index in [4.69, 9.17) is 0 Å². The van der Waals surface area contributed by atoms with Gasteiger partial charge in [-0.05, 0) is 48.2 Å². The van der Waals surface area contributed by atoms with Gasteiger partial charge in [-0.2, -0.15) is 0 Å². The molecule has 0 aliphatic rings. The standard InChI is InChI=1S/C13H17N3O2S2/c1-10-3-4-15-7-12(10)8-16-20(17,18)13-5-11(6-14-2)9-19-13/h3-5,7,9,14,16H,6,8H2,1-2H3. The third kappa shape index (κ3) is 3.63. The van der Waals surface area contributed by atoms with E-state index < -0.39 is 10.0 Å². The highest BCUT2D eigenvalue weighted by Gasteiger charge is 2.16. The number of sulfonamides is 1. The lowest BCUT2D eigenvalue weighted by molar-refractivity contribution is 0.583. The second-order valence-electron chi connectivity index (χ2n) is 4.43. The zero-order valence-corrected chi connectivity index (χ0v) is 13.0. The summed E-state index contributed by atoms with van der Waals surface area (Å²) in [5, 5.41) is 4.84. The average Bonchev–Trinajstić information content (AvgIpc) is 2.88. The molecular formula is C13H17N3O2S2. The Morgan fingerprint density at radius 2 is 2.15 bits per heavy atom. The summed E-state index contributed by atoms with van der Waals surface area (Å²) in [4.78, 5) is 4.01. The van der Waals surface area contributed by atoms with Crippen LogP contribution in [-0.2, 0) is 23.1 Å². The van der Waals surface area contributed by atoms with Crippen molar-refractivity contribution in [2.75, 3.05) is 7.05 Å². The number of thiophene rings is 1. The summed E-state index contributed by atoms with van der Waals surface area (Å²) in [6.07, 6.45) is 3.37. The van der Waals surface area contributed by atoms with Crippen LogP contribution in [-0.4, -0.2) is 20.4 Å². The Balaban J connectivity index is 2.09. The van der Waals surface area contributed by atoms with Crippen molar-refractivity contribution >= 4 is 21.4 Å². The van der Waals surface area contributed by atoms with Crippen molar-refractivity contribution in [2.45, 2.75) is 24.2 Å². The summed E-state index contributed by atoms with van der Waals surface area (Å²) >= 11 is 1.23. The number of hydrogen-bond donors (Lipinski definition) is 2. The second kappa shape index (κ2) is 6.45. The number of rotatable bonds is 6. The predicted octanol–water partition coefficient (Wildman–Crippen LogP) is 1.65. The van der Waals surface area contributed by atoms with Crippen LogP contribution in [0.4, 0.5) is 0 Å². The molecule has 0 fully saturated rings. The first-order chi connectivity index (χ1) is 9.53. The van der Waals surface area contributed by atoms with Gasteiger partial charge in [0.1, 0.15) is 4.21 Å². The monoisotopic (exact) mass is 311 g/mol. The number of nitrogens with one attached hydrogen (secondary N) is 2. The highest BCUT2D eigenvalue weighted by Crippen LogP contribution is 2.20. The first kappa shape index (κ1) is 15.1. The van der Waals surface area contributed by atoms with Crippen molar-refractivity contribution in [3.63, 3.8) is 0 Å². The van der Waals surface area contributed by atoms with Crippen molar-refractivity contribution in [1.29, 1.82) is 0 Å². The maximum atomic E-state index is 12.2. The average molecular weight is 311 g/mol. The van der Waals surface area contributed by atoms with Crippen LogP contribution in [0.15, 0.2) is 34.1 Å². The van der Waals surface area contributed by atoms with Gasteiger partial charge in [0.25, 0.3) is 0 Å². The minimum Gasteiger partial charge on any atom is -0.316 e. The van der Waals surface area contributed by atoms with Crippen LogP contribution in [0.25, 0.3) is 0 Å². The van der Waals surface area contributed by atoms with E-state index >= 15 is 0 Å². The molecule has 2 N–H and O–H groups in total. The molecule has 0 bridgehead atoms. The number of aryl methyl sites for hydroxylation is 1. The summed E-state index contributed by atoms with van der Waals surface area (Å²) < 4.78 is 27.3. The van der Waals surface area contributed by atoms with E-state index in [-0.39, 0.29) is 6.54 Å². The van der Waals surface area contributed by atoms with Crippen LogP contribution in [0, 0.1) is 6.92 Å². The molecule has 0 unspecified atom stereocenters. The summed E-state index contributed by atoms with van der Waals surface area (Å²) in [6.45, 7) is 2.84. The van der Waals surface area contributed by atoms with E-state index in [1.165, 1.54) is 11.3 Å². The minimum atomic E-state index is -3.46. The Bertz CT molecular complexity index is 680. The van der Waals surface area contributed by atoms with Crippen molar-refractivity contribution in [1.82, 2.24) is 15.0 Å². The van der Waals surface area contributed by atoms with Gasteiger partial charge in [0, 0.05) is 25.5 Å². The lowest BCUT2D eigenvalue weighted by Crippen LogP contribution is -2.23. The van der Waals surface area contributed by atoms with Gasteiger partial charge in [-0.15, -0.1) is 11.3 Å². The van der Waals surface area contributed by atoms with Gasteiger partial charge < -0.3 is 5.32 Å². The maximum absolute atomic E-state index is 12.2. The molecule has 2 rings (SSSR count). The second-order valence-corrected chi connectivity index (χ2v) is 7.34. The van der Waals surface area contributed by atoms with Gasteiger partial charge in [-0.1, -0.05) is 0 Å². The molecule has 20 heavy (non-hydrogen) atoms. The van der Waals surface area contributed by atoms with Crippen LogP contribution in [0.2, 0.25) is 0 Å². The van der Waals surface area contributed by atoms with Crippen molar-refractivity contribution < 1.29 is 8.42 Å². The Kier molecular flexibility index (Phi) is 4.87. The molecule has 0 aliphatic heterocycles. The molecule has 0 aromatic carbocycles. The molecule has 2 aromatic heterocycles. The largest absolute Gasteiger partial charge is 0.316 e. The third-order valence-electron chi connectivity index (χ3n) is 2.88. The van der Waals surface area contributed by atoms with Gasteiger partial charge in [0.2, 0.25) is 10.0 Å². The molecule has 0 saturated heterocycles. The van der Waals surface area contributed by atoms with Crippen LogP contribution >= 0.6 is 11.3 Å². The van der Waals surface area contributed by atoms with E-state index in [1.54, 1.807) is 18.5 Å². The molecule has 0 atom stereocenters. The molecule has 2 heterocycles. The number of hydrogen-bond acceptors (Lipinski definition) is 5. The van der Waals surface area contributed by atoms with E-state index in [2.05, 4.69) is 15.0 Å². The molecular weight excluding hydrogens is 294 g/mol. The lowest BCUT2D eigenvalue weighted by Gasteiger charge is -2.06.